The molecule has 34 heavy (non-hydrogen) atoms. The normalized spacial score (nSPS) is 18.1. The van der Waals surface area contributed by atoms with E-state index in [0.29, 0.717) is 23.4 Å². The summed E-state index contributed by atoms with van der Waals surface area (Å²) in [4.78, 5) is 38.2. The first-order valence-electron chi connectivity index (χ1n) is 11.5. The van der Waals surface area contributed by atoms with E-state index in [-0.39, 0.29) is 23.0 Å². The van der Waals surface area contributed by atoms with Gasteiger partial charge >= 0.3 is 0 Å². The van der Waals surface area contributed by atoms with Crippen LogP contribution < -0.4 is 14.5 Å². The minimum Gasteiger partial charge on any atom is -0.450 e. The molecule has 3 heterocycles. The number of benzene rings is 2. The second-order valence-electron chi connectivity index (χ2n) is 8.84. The van der Waals surface area contributed by atoms with Crippen LogP contribution in [-0.4, -0.2) is 54.7 Å². The zero-order valence-corrected chi connectivity index (χ0v) is 18.9. The number of pyridine rings is 1. The van der Waals surface area contributed by atoms with Gasteiger partial charge in [0, 0.05) is 42.9 Å². The third kappa shape index (κ3) is 3.36. The Labute approximate surface area is 197 Å². The number of anilines is 2. The van der Waals surface area contributed by atoms with Crippen LogP contribution in [0.2, 0.25) is 0 Å². The fourth-order valence-corrected chi connectivity index (χ4v) is 4.75. The highest BCUT2D eigenvalue weighted by atomic mass is 16.5. The first-order valence-corrected chi connectivity index (χ1v) is 11.5. The highest BCUT2D eigenvalue weighted by Crippen LogP contribution is 2.38. The molecule has 1 aliphatic carbocycles. The quantitative estimate of drug-likeness (QED) is 0.589. The molecule has 0 amide bonds. The summed E-state index contributed by atoms with van der Waals surface area (Å²) in [5.74, 6) is 1.06. The molecule has 0 N–H and O–H groups in total. The van der Waals surface area contributed by atoms with Crippen molar-refractivity contribution in [2.75, 3.05) is 43.0 Å². The van der Waals surface area contributed by atoms with Gasteiger partial charge in [-0.2, -0.15) is 0 Å². The minimum absolute atomic E-state index is 0.0665. The lowest BCUT2D eigenvalue weighted by Gasteiger charge is -2.33. The van der Waals surface area contributed by atoms with Crippen molar-refractivity contribution in [3.8, 4) is 5.75 Å². The number of fused-ring (bicyclic) bond motifs is 2. The number of aromatic nitrogens is 1. The lowest BCUT2D eigenvalue weighted by Crippen LogP contribution is -2.44. The van der Waals surface area contributed by atoms with Gasteiger partial charge in [0.15, 0.2) is 0 Å². The molecule has 3 aromatic rings. The van der Waals surface area contributed by atoms with E-state index < -0.39 is 0 Å². The van der Waals surface area contributed by atoms with Gasteiger partial charge in [-0.1, -0.05) is 42.5 Å². The maximum atomic E-state index is 13.7. The van der Waals surface area contributed by atoms with E-state index in [0.717, 1.165) is 43.2 Å². The number of ketones is 2. The monoisotopic (exact) mass is 452 g/mol. The number of Topliss-reactive ketones (excluding diaryl/α,β-unsaturated/α-hetero) is 2. The summed E-state index contributed by atoms with van der Waals surface area (Å²) in [6.45, 7) is 4.23. The van der Waals surface area contributed by atoms with Gasteiger partial charge < -0.3 is 19.4 Å². The summed E-state index contributed by atoms with van der Waals surface area (Å²) in [5, 5.41) is 0. The van der Waals surface area contributed by atoms with Gasteiger partial charge in [0.2, 0.25) is 17.3 Å². The zero-order chi connectivity index (χ0) is 23.2. The molecule has 1 fully saturated rings. The molecule has 1 saturated heterocycles. The van der Waals surface area contributed by atoms with E-state index >= 15 is 0 Å². The van der Waals surface area contributed by atoms with Gasteiger partial charge in [0.05, 0.1) is 18.4 Å². The van der Waals surface area contributed by atoms with E-state index in [1.165, 1.54) is 0 Å². The predicted molar refractivity (Wildman–Crippen MR) is 129 cm³/mol. The second-order valence-corrected chi connectivity index (χ2v) is 8.84. The Balaban J connectivity index is 1.43. The smallest absolute Gasteiger partial charge is 0.231 e. The number of hydrogen-bond donors (Lipinski definition) is 0. The average Bonchev–Trinajstić information content (AvgIpc) is 3.05. The SMILES string of the molecule is CN1CCN(c2ccc(N3Cc4ccccc4OC4=C3C(=O)c3ccccc3C4=O)cn2)CC1. The van der Waals surface area contributed by atoms with Crippen molar-refractivity contribution >= 4 is 23.1 Å². The van der Waals surface area contributed by atoms with Crippen LogP contribution in [0.1, 0.15) is 26.3 Å². The van der Waals surface area contributed by atoms with Gasteiger partial charge in [-0.05, 0) is 25.2 Å². The molecule has 0 radical (unpaired) electrons. The third-order valence-electron chi connectivity index (χ3n) is 6.71. The van der Waals surface area contributed by atoms with Crippen LogP contribution in [0.25, 0.3) is 0 Å². The summed E-state index contributed by atoms with van der Waals surface area (Å²) >= 11 is 0. The van der Waals surface area contributed by atoms with Crippen molar-refractivity contribution in [2.45, 2.75) is 6.54 Å². The van der Waals surface area contributed by atoms with Crippen LogP contribution in [0.15, 0.2) is 78.3 Å². The molecular weight excluding hydrogens is 428 g/mol. The molecule has 0 spiro atoms. The van der Waals surface area contributed by atoms with Gasteiger partial charge in [0.25, 0.3) is 0 Å². The van der Waals surface area contributed by atoms with Crippen LogP contribution in [0.4, 0.5) is 11.5 Å². The Bertz CT molecular complexity index is 1320. The maximum absolute atomic E-state index is 13.7. The molecule has 1 aromatic heterocycles. The van der Waals surface area contributed by atoms with Crippen LogP contribution in [-0.2, 0) is 6.54 Å². The summed E-state index contributed by atoms with van der Waals surface area (Å²) in [5.41, 5.74) is 2.66. The predicted octanol–water partition coefficient (Wildman–Crippen LogP) is 3.52. The highest BCUT2D eigenvalue weighted by molar-refractivity contribution is 6.27. The molecule has 6 rings (SSSR count). The van der Waals surface area contributed by atoms with E-state index in [2.05, 4.69) is 16.8 Å². The molecular formula is C27H24N4O3. The molecule has 7 heteroatoms. The van der Waals surface area contributed by atoms with Gasteiger partial charge in [-0.25, -0.2) is 4.98 Å². The van der Waals surface area contributed by atoms with Crippen molar-refractivity contribution < 1.29 is 14.3 Å². The number of allylic oxidation sites excluding steroid dienone is 2. The second kappa shape index (κ2) is 8.11. The van der Waals surface area contributed by atoms with Gasteiger partial charge in [0.1, 0.15) is 17.3 Å². The number of carbonyl (C=O) groups is 2. The van der Waals surface area contributed by atoms with Gasteiger partial charge in [-0.15, -0.1) is 0 Å². The summed E-state index contributed by atoms with van der Waals surface area (Å²) < 4.78 is 6.12. The minimum atomic E-state index is -0.283. The number of nitrogens with zero attached hydrogens (tertiary/aromatic N) is 4. The molecule has 0 unspecified atom stereocenters. The molecule has 3 aliphatic rings. The molecule has 0 atom stereocenters. The average molecular weight is 453 g/mol. The molecule has 2 aliphatic heterocycles. The van der Waals surface area contributed by atoms with E-state index in [9.17, 15) is 9.59 Å². The van der Waals surface area contributed by atoms with Crippen LogP contribution >= 0.6 is 0 Å². The lowest BCUT2D eigenvalue weighted by atomic mass is 9.90. The van der Waals surface area contributed by atoms with E-state index in [1.807, 2.05) is 41.3 Å². The lowest BCUT2D eigenvalue weighted by molar-refractivity contribution is 0.0936. The first-order chi connectivity index (χ1) is 16.6. The topological polar surface area (TPSA) is 66.0 Å². The fourth-order valence-electron chi connectivity index (χ4n) is 4.75. The standard InChI is InChI=1S/C27H24N4O3/c1-29-12-14-30(15-13-29)23-11-10-19(16-28-23)31-17-18-6-2-5-9-22(18)34-27-24(31)25(32)20-7-3-4-8-21(20)26(27)33/h2-11,16H,12-15,17H2,1H3. The fraction of sp³-hybridized carbons (Fsp3) is 0.222. The molecule has 0 bridgehead atoms. The molecule has 7 nitrogen and oxygen atoms in total. The Morgan fingerprint density at radius 3 is 2.26 bits per heavy atom. The number of rotatable bonds is 2. The Morgan fingerprint density at radius 2 is 1.53 bits per heavy atom. The first kappa shape index (κ1) is 20.6. The number of ether oxygens (including phenoxy) is 1. The van der Waals surface area contributed by atoms with Crippen LogP contribution in [0.3, 0.4) is 0 Å². The number of piperazine rings is 1. The van der Waals surface area contributed by atoms with E-state index in [1.54, 1.807) is 30.5 Å². The zero-order valence-electron chi connectivity index (χ0n) is 18.9. The van der Waals surface area contributed by atoms with Crippen molar-refractivity contribution in [1.82, 2.24) is 9.88 Å². The summed E-state index contributed by atoms with van der Waals surface area (Å²) in [6, 6.07) is 18.4. The Morgan fingerprint density at radius 1 is 0.824 bits per heavy atom. The summed E-state index contributed by atoms with van der Waals surface area (Å²) in [6.07, 6.45) is 1.78. The number of para-hydroxylation sites is 1. The van der Waals surface area contributed by atoms with Crippen molar-refractivity contribution in [3.63, 3.8) is 0 Å². The molecule has 0 saturated carbocycles. The van der Waals surface area contributed by atoms with Crippen LogP contribution in [0.5, 0.6) is 5.75 Å². The van der Waals surface area contributed by atoms with Crippen LogP contribution in [0, 0.1) is 0 Å². The number of hydrogen-bond acceptors (Lipinski definition) is 7. The molecule has 170 valence electrons. The Kier molecular flexibility index (Phi) is 4.92. The van der Waals surface area contributed by atoms with Crippen molar-refractivity contribution in [1.29, 1.82) is 0 Å². The third-order valence-corrected chi connectivity index (χ3v) is 6.71. The summed E-state index contributed by atoms with van der Waals surface area (Å²) in [7, 11) is 2.12. The highest BCUT2D eigenvalue weighted by Gasteiger charge is 2.39. The number of carbonyl (C=O) groups excluding carboxylic acids is 2. The van der Waals surface area contributed by atoms with Gasteiger partial charge in [-0.3, -0.25) is 9.59 Å². The largest absolute Gasteiger partial charge is 0.450 e. The van der Waals surface area contributed by atoms with Crippen molar-refractivity contribution in [3.05, 3.63) is 95.0 Å². The van der Waals surface area contributed by atoms with Crippen molar-refractivity contribution in [2.24, 2.45) is 0 Å². The number of likely N-dealkylation sites (N-methyl/N-ethyl adjacent to an activating group) is 1. The molecule has 2 aromatic carbocycles. The Hall–Kier alpha value is -3.97. The maximum Gasteiger partial charge on any atom is 0.231 e. The van der Waals surface area contributed by atoms with E-state index in [4.69, 9.17) is 9.72 Å².